The molecule has 3 N–H and O–H groups in total. The lowest BCUT2D eigenvalue weighted by Crippen LogP contribution is -2.53. The van der Waals surface area contributed by atoms with Crippen LogP contribution in [0.5, 0.6) is 0 Å². The van der Waals surface area contributed by atoms with E-state index in [2.05, 4.69) is 0 Å². The molecule has 2 heterocycles. The van der Waals surface area contributed by atoms with Gasteiger partial charge in [0.05, 0.1) is 31.4 Å². The van der Waals surface area contributed by atoms with Crippen molar-refractivity contribution in [3.8, 4) is 0 Å². The van der Waals surface area contributed by atoms with E-state index in [1.54, 1.807) is 11.8 Å². The number of nitrogens with zero attached hydrogens (tertiary/aromatic N) is 1. The number of aliphatic hydroxyl groups is 1. The number of halogens is 1. The molecule has 1 aliphatic heterocycles. The van der Waals surface area contributed by atoms with Crippen molar-refractivity contribution in [3.63, 3.8) is 0 Å². The van der Waals surface area contributed by atoms with Crippen LogP contribution in [0.2, 0.25) is 0 Å². The van der Waals surface area contributed by atoms with Gasteiger partial charge in [0.1, 0.15) is 0 Å². The topological polar surface area (TPSA) is 75.8 Å². The molecule has 5 nitrogen and oxygen atoms in total. The third kappa shape index (κ3) is 4.17. The maximum absolute atomic E-state index is 12.0. The Balaban J connectivity index is 0.00000200. The molecule has 0 aromatic carbocycles. The molecule has 1 saturated heterocycles. The molecule has 0 radical (unpaired) electrons. The van der Waals surface area contributed by atoms with Crippen LogP contribution in [0, 0.1) is 0 Å². The quantitative estimate of drug-likeness (QED) is 0.873. The first-order valence-corrected chi connectivity index (χ1v) is 7.33. The minimum Gasteiger partial charge on any atom is -0.387 e. The molecule has 2 rings (SSSR count). The van der Waals surface area contributed by atoms with Crippen LogP contribution in [0.15, 0.2) is 17.5 Å². The summed E-state index contributed by atoms with van der Waals surface area (Å²) in [5, 5.41) is 12.1. The zero-order chi connectivity index (χ0) is 13.8. The van der Waals surface area contributed by atoms with E-state index in [1.165, 1.54) is 11.3 Å². The van der Waals surface area contributed by atoms with Crippen molar-refractivity contribution in [1.82, 2.24) is 4.90 Å². The Morgan fingerprint density at radius 1 is 1.70 bits per heavy atom. The van der Waals surface area contributed by atoms with Crippen LogP contribution in [0.4, 0.5) is 0 Å². The SMILES string of the molecule is C[C@@H](N)C(=O)N1CCOCC1CC(O)c1cccs1.Cl. The molecule has 7 heteroatoms. The molecule has 1 aromatic heterocycles. The Bertz CT molecular complexity index is 414. The van der Waals surface area contributed by atoms with Gasteiger partial charge >= 0.3 is 0 Å². The summed E-state index contributed by atoms with van der Waals surface area (Å²) in [5.74, 6) is -0.0771. The monoisotopic (exact) mass is 320 g/mol. The Morgan fingerprint density at radius 2 is 2.45 bits per heavy atom. The van der Waals surface area contributed by atoms with Gasteiger partial charge < -0.3 is 20.5 Å². The van der Waals surface area contributed by atoms with Crippen molar-refractivity contribution < 1.29 is 14.6 Å². The highest BCUT2D eigenvalue weighted by Crippen LogP contribution is 2.26. The van der Waals surface area contributed by atoms with E-state index < -0.39 is 12.1 Å². The molecule has 1 aliphatic rings. The second kappa shape index (κ2) is 7.95. The molecule has 0 saturated carbocycles. The number of nitrogens with two attached hydrogens (primary N) is 1. The van der Waals surface area contributed by atoms with Crippen LogP contribution in [-0.4, -0.2) is 47.8 Å². The highest BCUT2D eigenvalue weighted by molar-refractivity contribution is 7.10. The fourth-order valence-electron chi connectivity index (χ4n) is 2.26. The molecule has 3 atom stereocenters. The van der Waals surface area contributed by atoms with Gasteiger partial charge in [-0.1, -0.05) is 6.07 Å². The lowest BCUT2D eigenvalue weighted by atomic mass is 10.0. The maximum Gasteiger partial charge on any atom is 0.239 e. The summed E-state index contributed by atoms with van der Waals surface area (Å²) in [4.78, 5) is 14.7. The molecule has 114 valence electrons. The summed E-state index contributed by atoms with van der Waals surface area (Å²) in [6.07, 6.45) is -0.0750. The van der Waals surface area contributed by atoms with Crippen molar-refractivity contribution in [2.75, 3.05) is 19.8 Å². The van der Waals surface area contributed by atoms with Gasteiger partial charge in [0, 0.05) is 17.8 Å². The van der Waals surface area contributed by atoms with Crippen molar-refractivity contribution in [2.45, 2.75) is 31.5 Å². The van der Waals surface area contributed by atoms with E-state index in [1.807, 2.05) is 17.5 Å². The first-order valence-electron chi connectivity index (χ1n) is 6.45. The number of thiophene rings is 1. The van der Waals surface area contributed by atoms with E-state index >= 15 is 0 Å². The number of carbonyl (C=O) groups is 1. The lowest BCUT2D eigenvalue weighted by molar-refractivity contribution is -0.142. The minimum absolute atomic E-state index is 0. The summed E-state index contributed by atoms with van der Waals surface area (Å²) in [7, 11) is 0. The minimum atomic E-state index is -0.560. The molecule has 20 heavy (non-hydrogen) atoms. The van der Waals surface area contributed by atoms with E-state index in [0.717, 1.165) is 4.88 Å². The lowest BCUT2D eigenvalue weighted by Gasteiger charge is -2.37. The number of morpholine rings is 1. The first kappa shape index (κ1) is 17.4. The van der Waals surface area contributed by atoms with Gasteiger partial charge in [-0.05, 0) is 18.4 Å². The van der Waals surface area contributed by atoms with Crippen LogP contribution in [0.1, 0.15) is 24.3 Å². The zero-order valence-electron chi connectivity index (χ0n) is 11.4. The Hall–Kier alpha value is -0.660. The van der Waals surface area contributed by atoms with Crippen LogP contribution >= 0.6 is 23.7 Å². The molecule has 0 bridgehead atoms. The number of ether oxygens (including phenoxy) is 1. The third-order valence-electron chi connectivity index (χ3n) is 3.27. The maximum atomic E-state index is 12.0. The second-order valence-electron chi connectivity index (χ2n) is 4.82. The van der Waals surface area contributed by atoms with Gasteiger partial charge in [-0.25, -0.2) is 0 Å². The smallest absolute Gasteiger partial charge is 0.239 e. The van der Waals surface area contributed by atoms with Gasteiger partial charge in [-0.15, -0.1) is 23.7 Å². The highest BCUT2D eigenvalue weighted by Gasteiger charge is 2.30. The Labute approximate surface area is 129 Å². The number of hydrogen-bond acceptors (Lipinski definition) is 5. The summed E-state index contributed by atoms with van der Waals surface area (Å²) < 4.78 is 5.42. The van der Waals surface area contributed by atoms with Crippen LogP contribution in [0.3, 0.4) is 0 Å². The van der Waals surface area contributed by atoms with Gasteiger partial charge in [0.25, 0.3) is 0 Å². The van der Waals surface area contributed by atoms with E-state index in [-0.39, 0.29) is 24.4 Å². The number of rotatable bonds is 4. The predicted molar refractivity (Wildman–Crippen MR) is 81.1 cm³/mol. The molecule has 2 unspecified atom stereocenters. The number of hydrogen-bond donors (Lipinski definition) is 2. The van der Waals surface area contributed by atoms with Crippen LogP contribution in [-0.2, 0) is 9.53 Å². The summed E-state index contributed by atoms with van der Waals surface area (Å²) >= 11 is 1.52. The fourth-order valence-corrected chi connectivity index (χ4v) is 2.98. The third-order valence-corrected chi connectivity index (χ3v) is 4.24. The Morgan fingerprint density at radius 3 is 3.05 bits per heavy atom. The molecule has 1 fully saturated rings. The molecule has 0 spiro atoms. The van der Waals surface area contributed by atoms with Gasteiger partial charge in [-0.3, -0.25) is 4.79 Å². The number of carbonyl (C=O) groups excluding carboxylic acids is 1. The normalized spacial score (nSPS) is 21.9. The van der Waals surface area contributed by atoms with Crippen molar-refractivity contribution in [1.29, 1.82) is 0 Å². The van der Waals surface area contributed by atoms with E-state index in [9.17, 15) is 9.90 Å². The van der Waals surface area contributed by atoms with E-state index in [0.29, 0.717) is 26.2 Å². The predicted octanol–water partition coefficient (Wildman–Crippen LogP) is 1.17. The number of amides is 1. The largest absolute Gasteiger partial charge is 0.387 e. The molecule has 1 amide bonds. The molecular weight excluding hydrogens is 300 g/mol. The van der Waals surface area contributed by atoms with Crippen LogP contribution in [0.25, 0.3) is 0 Å². The fraction of sp³-hybridized carbons (Fsp3) is 0.615. The average Bonchev–Trinajstić information content (AvgIpc) is 2.92. The first-order chi connectivity index (χ1) is 9.09. The zero-order valence-corrected chi connectivity index (χ0v) is 13.0. The van der Waals surface area contributed by atoms with Crippen LogP contribution < -0.4 is 5.73 Å². The summed E-state index contributed by atoms with van der Waals surface area (Å²) in [6, 6.07) is 3.19. The van der Waals surface area contributed by atoms with Gasteiger partial charge in [-0.2, -0.15) is 0 Å². The van der Waals surface area contributed by atoms with Gasteiger partial charge in [0.15, 0.2) is 0 Å². The Kier molecular flexibility index (Phi) is 6.91. The molecule has 1 aromatic rings. The summed E-state index contributed by atoms with van der Waals surface area (Å²) in [6.45, 7) is 3.22. The van der Waals surface area contributed by atoms with Gasteiger partial charge in [0.2, 0.25) is 5.91 Å². The highest BCUT2D eigenvalue weighted by atomic mass is 35.5. The molecule has 0 aliphatic carbocycles. The van der Waals surface area contributed by atoms with Crippen molar-refractivity contribution in [3.05, 3.63) is 22.4 Å². The number of aliphatic hydroxyl groups excluding tert-OH is 1. The average molecular weight is 321 g/mol. The second-order valence-corrected chi connectivity index (χ2v) is 5.80. The molecular formula is C13H21ClN2O3S. The standard InChI is InChI=1S/C13H20N2O3S.ClH/c1-9(14)13(17)15-4-5-18-8-10(15)7-11(16)12-3-2-6-19-12;/h2-3,6,9-11,16H,4-5,7-8,14H2,1H3;1H/t9-,10?,11?;/m1./s1. The van der Waals surface area contributed by atoms with E-state index in [4.69, 9.17) is 10.5 Å². The summed E-state index contributed by atoms with van der Waals surface area (Å²) in [5.41, 5.74) is 5.66. The van der Waals surface area contributed by atoms with Crippen molar-refractivity contribution >= 4 is 29.7 Å². The van der Waals surface area contributed by atoms with Crippen molar-refractivity contribution in [2.24, 2.45) is 5.73 Å².